The van der Waals surface area contributed by atoms with E-state index < -0.39 is 11.5 Å². The molecule has 122 valence electrons. The average molecular weight is 298 g/mol. The maximum absolute atomic E-state index is 12.4. The molecular weight excluding hydrogens is 268 g/mol. The van der Waals surface area contributed by atoms with E-state index in [0.29, 0.717) is 18.8 Å². The Balaban J connectivity index is 2.74. The molecule has 0 heterocycles. The summed E-state index contributed by atoms with van der Waals surface area (Å²) < 4.78 is 0. The third-order valence-corrected chi connectivity index (χ3v) is 4.51. The maximum Gasteiger partial charge on any atom is 0.329 e. The molecular formula is C16H30N2O3. The summed E-state index contributed by atoms with van der Waals surface area (Å²) in [5, 5.41) is 12.4. The van der Waals surface area contributed by atoms with Crippen LogP contribution in [0, 0.1) is 5.92 Å². The number of nitrogens with zero attached hydrogens (tertiary/aromatic N) is 1. The van der Waals surface area contributed by atoms with Gasteiger partial charge in [-0.1, -0.05) is 39.5 Å². The van der Waals surface area contributed by atoms with Crippen LogP contribution in [0.15, 0.2) is 0 Å². The summed E-state index contributed by atoms with van der Waals surface area (Å²) in [6, 6.07) is -0.172. The van der Waals surface area contributed by atoms with Crippen LogP contribution < -0.4 is 5.32 Å². The van der Waals surface area contributed by atoms with Crippen LogP contribution in [0.1, 0.15) is 65.7 Å². The molecule has 0 saturated heterocycles. The fourth-order valence-corrected chi connectivity index (χ4v) is 3.06. The molecule has 1 atom stereocenters. The summed E-state index contributed by atoms with van der Waals surface area (Å²) in [5.41, 5.74) is -1.08. The highest BCUT2D eigenvalue weighted by molar-refractivity contribution is 5.86. The second-order valence-electron chi connectivity index (χ2n) is 6.82. The molecule has 0 radical (unpaired) electrons. The van der Waals surface area contributed by atoms with Gasteiger partial charge >= 0.3 is 12.0 Å². The van der Waals surface area contributed by atoms with E-state index in [1.807, 2.05) is 6.92 Å². The van der Waals surface area contributed by atoms with Crippen LogP contribution in [0.2, 0.25) is 0 Å². The van der Waals surface area contributed by atoms with Crippen molar-refractivity contribution >= 4 is 12.0 Å². The standard InChI is InChI=1S/C16H30N2O3/c1-12(2)11-13(3)18(4)15(21)17-16(14(19)20)9-7-5-6-8-10-16/h12-13H,5-11H2,1-4H3,(H,17,21)(H,19,20). The molecule has 21 heavy (non-hydrogen) atoms. The Bertz CT molecular complexity index is 361. The van der Waals surface area contributed by atoms with E-state index in [0.717, 1.165) is 32.1 Å². The summed E-state index contributed by atoms with van der Waals surface area (Å²) in [4.78, 5) is 25.7. The van der Waals surface area contributed by atoms with Crippen molar-refractivity contribution in [3.05, 3.63) is 0 Å². The number of hydrogen-bond donors (Lipinski definition) is 2. The van der Waals surface area contributed by atoms with E-state index in [2.05, 4.69) is 19.2 Å². The Kier molecular flexibility index (Phi) is 6.49. The Morgan fingerprint density at radius 2 is 1.67 bits per heavy atom. The largest absolute Gasteiger partial charge is 0.480 e. The number of carboxylic acid groups (broad SMARTS) is 1. The van der Waals surface area contributed by atoms with Gasteiger partial charge in [-0.15, -0.1) is 0 Å². The smallest absolute Gasteiger partial charge is 0.329 e. The lowest BCUT2D eigenvalue weighted by Crippen LogP contribution is -2.58. The fourth-order valence-electron chi connectivity index (χ4n) is 3.06. The third-order valence-electron chi connectivity index (χ3n) is 4.51. The van der Waals surface area contributed by atoms with Crippen molar-refractivity contribution in [1.82, 2.24) is 10.2 Å². The molecule has 1 fully saturated rings. The third kappa shape index (κ3) is 4.90. The number of rotatable bonds is 5. The van der Waals surface area contributed by atoms with Crippen LogP contribution in [0.3, 0.4) is 0 Å². The average Bonchev–Trinajstić information content (AvgIpc) is 2.63. The molecule has 2 amide bonds. The van der Waals surface area contributed by atoms with Crippen LogP contribution in [-0.2, 0) is 4.79 Å². The van der Waals surface area contributed by atoms with Crippen LogP contribution in [0.25, 0.3) is 0 Å². The van der Waals surface area contributed by atoms with E-state index in [4.69, 9.17) is 0 Å². The van der Waals surface area contributed by atoms with E-state index >= 15 is 0 Å². The zero-order valence-corrected chi connectivity index (χ0v) is 13.8. The summed E-state index contributed by atoms with van der Waals surface area (Å²) in [7, 11) is 1.74. The first-order chi connectivity index (χ1) is 9.78. The van der Waals surface area contributed by atoms with Gasteiger partial charge in [-0.3, -0.25) is 0 Å². The normalized spacial score (nSPS) is 19.7. The van der Waals surface area contributed by atoms with Crippen molar-refractivity contribution in [2.75, 3.05) is 7.05 Å². The number of urea groups is 1. The molecule has 0 bridgehead atoms. The lowest BCUT2D eigenvalue weighted by atomic mass is 9.90. The summed E-state index contributed by atoms with van der Waals surface area (Å²) >= 11 is 0. The number of carbonyl (C=O) groups excluding carboxylic acids is 1. The second kappa shape index (κ2) is 7.66. The first kappa shape index (κ1) is 17.8. The predicted octanol–water partition coefficient (Wildman–Crippen LogP) is 3.24. The Labute approximate surface area is 128 Å². The zero-order chi connectivity index (χ0) is 16.0. The van der Waals surface area contributed by atoms with Crippen molar-refractivity contribution in [3.63, 3.8) is 0 Å². The fraction of sp³-hybridized carbons (Fsp3) is 0.875. The van der Waals surface area contributed by atoms with E-state index in [-0.39, 0.29) is 12.1 Å². The Hall–Kier alpha value is -1.26. The highest BCUT2D eigenvalue weighted by atomic mass is 16.4. The van der Waals surface area contributed by atoms with Gasteiger partial charge in [-0.05, 0) is 32.1 Å². The molecule has 0 aromatic rings. The van der Waals surface area contributed by atoms with Crippen molar-refractivity contribution in [2.24, 2.45) is 5.92 Å². The van der Waals surface area contributed by atoms with E-state index in [1.54, 1.807) is 11.9 Å². The van der Waals surface area contributed by atoms with Crippen molar-refractivity contribution in [1.29, 1.82) is 0 Å². The number of hydrogen-bond acceptors (Lipinski definition) is 2. The monoisotopic (exact) mass is 298 g/mol. The molecule has 1 aliphatic carbocycles. The van der Waals surface area contributed by atoms with Gasteiger partial charge < -0.3 is 15.3 Å². The number of carbonyl (C=O) groups is 2. The molecule has 1 aliphatic rings. The Morgan fingerprint density at radius 1 is 1.14 bits per heavy atom. The van der Waals surface area contributed by atoms with E-state index in [9.17, 15) is 14.7 Å². The summed E-state index contributed by atoms with van der Waals surface area (Å²) in [5.74, 6) is -0.399. The first-order valence-corrected chi connectivity index (χ1v) is 8.07. The first-order valence-electron chi connectivity index (χ1n) is 8.07. The molecule has 1 rings (SSSR count). The van der Waals surface area contributed by atoms with Crippen LogP contribution in [0.4, 0.5) is 4.79 Å². The Morgan fingerprint density at radius 3 is 2.10 bits per heavy atom. The van der Waals surface area contributed by atoms with Gasteiger partial charge in [0.15, 0.2) is 0 Å². The van der Waals surface area contributed by atoms with E-state index in [1.165, 1.54) is 0 Å². The number of amides is 2. The van der Waals surface area contributed by atoms with Crippen molar-refractivity contribution in [3.8, 4) is 0 Å². The SMILES string of the molecule is CC(C)CC(C)N(C)C(=O)NC1(C(=O)O)CCCCCC1. The van der Waals surface area contributed by atoms with Crippen molar-refractivity contribution < 1.29 is 14.7 Å². The minimum Gasteiger partial charge on any atom is -0.480 e. The molecule has 0 aromatic heterocycles. The van der Waals surface area contributed by atoms with Gasteiger partial charge in [0.1, 0.15) is 5.54 Å². The molecule has 0 spiro atoms. The maximum atomic E-state index is 12.4. The second-order valence-corrected chi connectivity index (χ2v) is 6.82. The quantitative estimate of drug-likeness (QED) is 0.766. The molecule has 2 N–H and O–H groups in total. The van der Waals surface area contributed by atoms with Crippen LogP contribution in [0.5, 0.6) is 0 Å². The highest BCUT2D eigenvalue weighted by Crippen LogP contribution is 2.28. The molecule has 0 aromatic carbocycles. The van der Waals surface area contributed by atoms with Crippen LogP contribution in [-0.4, -0.2) is 40.6 Å². The molecule has 1 unspecified atom stereocenters. The number of aliphatic carboxylic acids is 1. The summed E-state index contributed by atoms with van der Waals surface area (Å²) in [6.45, 7) is 6.23. The van der Waals surface area contributed by atoms with Gasteiger partial charge in [0, 0.05) is 13.1 Å². The van der Waals surface area contributed by atoms with Crippen molar-refractivity contribution in [2.45, 2.75) is 77.3 Å². The summed E-state index contributed by atoms with van der Waals surface area (Å²) in [6.07, 6.45) is 5.77. The molecule has 5 heteroatoms. The zero-order valence-electron chi connectivity index (χ0n) is 13.8. The lowest BCUT2D eigenvalue weighted by molar-refractivity contribution is -0.145. The molecule has 0 aliphatic heterocycles. The molecule has 5 nitrogen and oxygen atoms in total. The highest BCUT2D eigenvalue weighted by Gasteiger charge is 2.41. The minimum absolute atomic E-state index is 0.0987. The van der Waals surface area contributed by atoms with Gasteiger partial charge in [0.25, 0.3) is 0 Å². The van der Waals surface area contributed by atoms with Gasteiger partial charge in [0.2, 0.25) is 0 Å². The van der Waals surface area contributed by atoms with Gasteiger partial charge in [-0.2, -0.15) is 0 Å². The number of nitrogens with one attached hydrogen (secondary N) is 1. The van der Waals surface area contributed by atoms with Gasteiger partial charge in [-0.25, -0.2) is 9.59 Å². The van der Waals surface area contributed by atoms with Crippen LogP contribution >= 0.6 is 0 Å². The topological polar surface area (TPSA) is 69.6 Å². The minimum atomic E-state index is -1.08. The molecule has 1 saturated carbocycles. The number of carboxylic acids is 1. The van der Waals surface area contributed by atoms with Gasteiger partial charge in [0.05, 0.1) is 0 Å². The lowest BCUT2D eigenvalue weighted by Gasteiger charge is -2.34. The predicted molar refractivity (Wildman–Crippen MR) is 83.3 cm³/mol.